The molecule has 7 heteroatoms. The molecular formula is C7H5BrFNO3S. The van der Waals surface area contributed by atoms with E-state index in [1.54, 1.807) is 0 Å². The maximum atomic E-state index is 12.7. The molecule has 0 radical (unpaired) electrons. The van der Waals surface area contributed by atoms with Crippen LogP contribution in [0.3, 0.4) is 0 Å². The third-order valence-electron chi connectivity index (χ3n) is 1.29. The average Bonchev–Trinajstić information content (AvgIpc) is 2.47. The third-order valence-corrected chi connectivity index (χ3v) is 3.09. The van der Waals surface area contributed by atoms with Crippen molar-refractivity contribution in [3.05, 3.63) is 15.2 Å². The molecule has 4 nitrogen and oxygen atoms in total. The fourth-order valence-electron chi connectivity index (χ4n) is 0.670. The first-order valence-electron chi connectivity index (χ1n) is 3.36. The Bertz CT molecular complexity index is 390. The molecule has 0 spiro atoms. The predicted molar refractivity (Wildman–Crippen MR) is 53.1 cm³/mol. The van der Waals surface area contributed by atoms with E-state index in [-0.39, 0.29) is 0 Å². The topological polar surface area (TPSA) is 59.4 Å². The molecule has 0 unspecified atom stereocenters. The zero-order chi connectivity index (χ0) is 10.7. The summed E-state index contributed by atoms with van der Waals surface area (Å²) < 4.78 is 21.8. The Morgan fingerprint density at radius 2 is 2.43 bits per heavy atom. The molecule has 0 aromatic carbocycles. The molecule has 0 saturated carbocycles. The van der Waals surface area contributed by atoms with Gasteiger partial charge in [-0.1, -0.05) is 0 Å². The van der Waals surface area contributed by atoms with Gasteiger partial charge < -0.3 is 9.84 Å². The van der Waals surface area contributed by atoms with E-state index in [2.05, 4.69) is 20.3 Å². The number of hydrogen-bond donors (Lipinski definition) is 1. The fraction of sp³-hybridized carbons (Fsp3) is 0.143. The number of aliphatic carboxylic acids is 1. The molecule has 1 aromatic rings. The van der Waals surface area contributed by atoms with Crippen molar-refractivity contribution in [1.82, 2.24) is 4.37 Å². The standard InChI is InChI=1S/C7H5BrFNO3S/c1-13-6-5(8)4(14-10-6)2-3(9)7(11)12/h2H,1H3,(H,11,12)/b3-2+. The van der Waals surface area contributed by atoms with Crippen LogP contribution in [-0.4, -0.2) is 22.6 Å². The van der Waals surface area contributed by atoms with E-state index in [1.165, 1.54) is 7.11 Å². The molecule has 0 bridgehead atoms. The number of rotatable bonds is 3. The second-order valence-corrected chi connectivity index (χ2v) is 3.77. The van der Waals surface area contributed by atoms with Crippen LogP contribution < -0.4 is 4.74 Å². The van der Waals surface area contributed by atoms with Gasteiger partial charge in [0.2, 0.25) is 11.7 Å². The van der Waals surface area contributed by atoms with Gasteiger partial charge in [0.05, 0.1) is 16.5 Å². The maximum absolute atomic E-state index is 12.7. The van der Waals surface area contributed by atoms with Crippen molar-refractivity contribution in [3.8, 4) is 5.88 Å². The fourth-order valence-corrected chi connectivity index (χ4v) is 2.04. The van der Waals surface area contributed by atoms with Gasteiger partial charge in [-0.15, -0.1) is 0 Å². The summed E-state index contributed by atoms with van der Waals surface area (Å²) in [6.45, 7) is 0. The van der Waals surface area contributed by atoms with E-state index in [9.17, 15) is 9.18 Å². The number of ether oxygens (including phenoxy) is 1. The van der Waals surface area contributed by atoms with Gasteiger partial charge in [-0.3, -0.25) is 0 Å². The van der Waals surface area contributed by atoms with Crippen molar-refractivity contribution in [2.45, 2.75) is 0 Å². The van der Waals surface area contributed by atoms with Gasteiger partial charge in [0.15, 0.2) is 0 Å². The first kappa shape index (κ1) is 11.1. The molecule has 1 aromatic heterocycles. The first-order valence-corrected chi connectivity index (χ1v) is 4.92. The Balaban J connectivity index is 3.03. The van der Waals surface area contributed by atoms with E-state index in [4.69, 9.17) is 9.84 Å². The van der Waals surface area contributed by atoms with Gasteiger partial charge >= 0.3 is 5.97 Å². The summed E-state index contributed by atoms with van der Waals surface area (Å²) in [5.74, 6) is -2.54. The van der Waals surface area contributed by atoms with Crippen LogP contribution in [0.2, 0.25) is 0 Å². The van der Waals surface area contributed by atoms with E-state index in [1.807, 2.05) is 0 Å². The molecule has 1 rings (SSSR count). The summed E-state index contributed by atoms with van der Waals surface area (Å²) in [6, 6.07) is 0. The predicted octanol–water partition coefficient (Wildman–Crippen LogP) is 2.31. The van der Waals surface area contributed by atoms with Crippen LogP contribution in [0, 0.1) is 0 Å². The van der Waals surface area contributed by atoms with Gasteiger partial charge in [0.25, 0.3) is 0 Å². The van der Waals surface area contributed by atoms with Crippen molar-refractivity contribution >= 4 is 39.5 Å². The smallest absolute Gasteiger partial charge is 0.364 e. The minimum atomic E-state index is -1.61. The van der Waals surface area contributed by atoms with Crippen LogP contribution in [0.1, 0.15) is 4.88 Å². The van der Waals surface area contributed by atoms with Crippen molar-refractivity contribution in [1.29, 1.82) is 0 Å². The third kappa shape index (κ3) is 2.30. The number of hydrogen-bond acceptors (Lipinski definition) is 4. The number of carboxylic acids is 1. The van der Waals surface area contributed by atoms with E-state index in [0.717, 1.165) is 17.6 Å². The first-order chi connectivity index (χ1) is 6.56. The summed E-state index contributed by atoms with van der Waals surface area (Å²) >= 11 is 4.05. The normalized spacial score (nSPS) is 11.5. The average molecular weight is 282 g/mol. The van der Waals surface area contributed by atoms with Gasteiger partial charge in [-0.2, -0.15) is 8.76 Å². The van der Waals surface area contributed by atoms with Gasteiger partial charge in [-0.05, 0) is 27.5 Å². The van der Waals surface area contributed by atoms with Gasteiger partial charge in [0, 0.05) is 6.08 Å². The number of methoxy groups -OCH3 is 1. The molecular weight excluding hydrogens is 277 g/mol. The summed E-state index contributed by atoms with van der Waals surface area (Å²) in [6.07, 6.45) is 0.882. The molecule has 14 heavy (non-hydrogen) atoms. The van der Waals surface area contributed by atoms with Crippen LogP contribution in [0.25, 0.3) is 6.08 Å². The Labute approximate surface area is 91.3 Å². The van der Waals surface area contributed by atoms with E-state index < -0.39 is 11.8 Å². The molecule has 0 saturated heterocycles. The Kier molecular flexibility index (Phi) is 3.59. The van der Waals surface area contributed by atoms with Crippen LogP contribution in [-0.2, 0) is 4.79 Å². The summed E-state index contributed by atoms with van der Waals surface area (Å²) in [4.78, 5) is 10.5. The summed E-state index contributed by atoms with van der Waals surface area (Å²) in [7, 11) is 1.42. The Morgan fingerprint density at radius 1 is 1.79 bits per heavy atom. The monoisotopic (exact) mass is 281 g/mol. The van der Waals surface area contributed by atoms with Crippen molar-refractivity contribution in [2.24, 2.45) is 0 Å². The minimum absolute atomic E-state index is 0.305. The summed E-state index contributed by atoms with van der Waals surface area (Å²) in [5, 5.41) is 8.29. The number of carbonyl (C=O) groups is 1. The highest BCUT2D eigenvalue weighted by Gasteiger charge is 2.13. The van der Waals surface area contributed by atoms with Crippen LogP contribution in [0.4, 0.5) is 4.39 Å². The van der Waals surface area contributed by atoms with Crippen molar-refractivity contribution in [3.63, 3.8) is 0 Å². The minimum Gasteiger partial charge on any atom is -0.480 e. The Morgan fingerprint density at radius 3 is 2.86 bits per heavy atom. The highest BCUT2D eigenvalue weighted by molar-refractivity contribution is 9.10. The number of carboxylic acid groups (broad SMARTS) is 1. The van der Waals surface area contributed by atoms with E-state index in [0.29, 0.717) is 15.2 Å². The van der Waals surface area contributed by atoms with E-state index >= 15 is 0 Å². The number of halogens is 2. The molecule has 0 fully saturated rings. The zero-order valence-electron chi connectivity index (χ0n) is 6.95. The quantitative estimate of drug-likeness (QED) is 0.864. The number of aromatic nitrogens is 1. The second-order valence-electron chi connectivity index (χ2n) is 2.17. The molecule has 0 aliphatic heterocycles. The number of nitrogens with zero attached hydrogens (tertiary/aromatic N) is 1. The lowest BCUT2D eigenvalue weighted by Gasteiger charge is -1.92. The van der Waals surface area contributed by atoms with Gasteiger partial charge in [-0.25, -0.2) is 4.79 Å². The molecule has 0 aliphatic carbocycles. The molecule has 0 atom stereocenters. The lowest BCUT2D eigenvalue weighted by molar-refractivity contribution is -0.134. The van der Waals surface area contributed by atoms with Crippen LogP contribution >= 0.6 is 27.5 Å². The Hall–Kier alpha value is -0.950. The molecule has 1 N–H and O–H groups in total. The summed E-state index contributed by atoms with van der Waals surface area (Å²) in [5.41, 5.74) is 0. The van der Waals surface area contributed by atoms with Gasteiger partial charge in [0.1, 0.15) is 0 Å². The highest BCUT2D eigenvalue weighted by atomic mass is 79.9. The van der Waals surface area contributed by atoms with Crippen molar-refractivity contribution in [2.75, 3.05) is 7.11 Å². The molecule has 1 heterocycles. The second kappa shape index (κ2) is 4.52. The SMILES string of the molecule is COc1nsc(/C=C(/F)C(=O)O)c1Br. The van der Waals surface area contributed by atoms with Crippen LogP contribution in [0.15, 0.2) is 10.3 Å². The maximum Gasteiger partial charge on any atom is 0.364 e. The van der Waals surface area contributed by atoms with Crippen LogP contribution in [0.5, 0.6) is 5.88 Å². The largest absolute Gasteiger partial charge is 0.480 e. The molecule has 76 valence electrons. The molecule has 0 amide bonds. The molecule has 0 aliphatic rings. The lowest BCUT2D eigenvalue weighted by Crippen LogP contribution is -1.93. The highest BCUT2D eigenvalue weighted by Crippen LogP contribution is 2.32. The van der Waals surface area contributed by atoms with Crippen molar-refractivity contribution < 1.29 is 19.0 Å². The zero-order valence-corrected chi connectivity index (χ0v) is 9.35. The lowest BCUT2D eigenvalue weighted by atomic mass is 10.4.